The van der Waals surface area contributed by atoms with Crippen LogP contribution in [-0.4, -0.2) is 0 Å². The lowest BCUT2D eigenvalue weighted by Gasteiger charge is -2.14. The Bertz CT molecular complexity index is 504. The highest BCUT2D eigenvalue weighted by Gasteiger charge is 2.30. The Morgan fingerprint density at radius 3 is 2.41 bits per heavy atom. The molecule has 0 saturated carbocycles. The second-order valence-corrected chi connectivity index (χ2v) is 5.22. The van der Waals surface area contributed by atoms with E-state index in [0.717, 1.165) is 12.8 Å². The predicted molar refractivity (Wildman–Crippen MR) is 72.4 cm³/mol. The molecule has 0 aromatic heterocycles. The van der Waals surface area contributed by atoms with Gasteiger partial charge in [0, 0.05) is 0 Å². The minimum absolute atomic E-state index is 0.173. The van der Waals surface area contributed by atoms with Crippen molar-refractivity contribution < 1.29 is 0 Å². The molecule has 2 aromatic rings. The van der Waals surface area contributed by atoms with Crippen molar-refractivity contribution in [3.8, 4) is 0 Å². The molecule has 2 aromatic carbocycles. The van der Waals surface area contributed by atoms with Gasteiger partial charge in [-0.1, -0.05) is 54.6 Å². The Kier molecular flexibility index (Phi) is 2.90. The van der Waals surface area contributed by atoms with Gasteiger partial charge < -0.3 is 0 Å². The first-order valence-electron chi connectivity index (χ1n) is 6.10. The summed E-state index contributed by atoms with van der Waals surface area (Å²) in [5.41, 5.74) is 4.14. The second-order valence-electron chi connectivity index (χ2n) is 4.75. The lowest BCUT2D eigenvalue weighted by Crippen LogP contribution is -2.06. The van der Waals surface area contributed by atoms with Crippen molar-refractivity contribution >= 4 is 11.6 Å². The molecule has 0 heterocycles. The molecule has 0 amide bonds. The van der Waals surface area contributed by atoms with Gasteiger partial charge in [-0.05, 0) is 35.4 Å². The van der Waals surface area contributed by atoms with Crippen LogP contribution in [0.15, 0.2) is 54.6 Å². The molecule has 0 nitrogen and oxygen atoms in total. The fraction of sp³-hybridized carbons (Fsp3) is 0.250. The average Bonchev–Trinajstić information content (AvgIpc) is 2.68. The van der Waals surface area contributed by atoms with Gasteiger partial charge in [-0.25, -0.2) is 0 Å². The third-order valence-corrected chi connectivity index (χ3v) is 4.18. The summed E-state index contributed by atoms with van der Waals surface area (Å²) >= 11 is 6.56. The van der Waals surface area contributed by atoms with Crippen LogP contribution in [0.1, 0.15) is 22.1 Å². The van der Waals surface area contributed by atoms with Gasteiger partial charge >= 0.3 is 0 Å². The van der Waals surface area contributed by atoms with Gasteiger partial charge in [0.25, 0.3) is 0 Å². The fourth-order valence-electron chi connectivity index (χ4n) is 2.72. The van der Waals surface area contributed by atoms with Gasteiger partial charge in [-0.3, -0.25) is 0 Å². The van der Waals surface area contributed by atoms with E-state index < -0.39 is 0 Å². The first kappa shape index (κ1) is 10.9. The Hall–Kier alpha value is -1.27. The first-order chi connectivity index (χ1) is 8.34. The highest BCUT2D eigenvalue weighted by Crippen LogP contribution is 2.42. The van der Waals surface area contributed by atoms with Crippen LogP contribution in [-0.2, 0) is 12.8 Å². The Morgan fingerprint density at radius 1 is 0.941 bits per heavy atom. The Labute approximate surface area is 107 Å². The summed E-state index contributed by atoms with van der Waals surface area (Å²) in [7, 11) is 0. The van der Waals surface area contributed by atoms with E-state index in [1.165, 1.54) is 16.7 Å². The van der Waals surface area contributed by atoms with Crippen molar-refractivity contribution in [2.75, 3.05) is 0 Å². The number of fused-ring (bicyclic) bond motifs is 1. The summed E-state index contributed by atoms with van der Waals surface area (Å²) in [5, 5.41) is 0.173. The van der Waals surface area contributed by atoms with E-state index in [2.05, 4.69) is 54.6 Å². The molecular weight excluding hydrogens is 228 g/mol. The van der Waals surface area contributed by atoms with Gasteiger partial charge in [0.1, 0.15) is 0 Å². The highest BCUT2D eigenvalue weighted by molar-refractivity contribution is 6.21. The maximum absolute atomic E-state index is 6.56. The number of rotatable bonds is 2. The summed E-state index contributed by atoms with van der Waals surface area (Å²) in [5.74, 6) is 0.538. The van der Waals surface area contributed by atoms with Gasteiger partial charge in [0.2, 0.25) is 0 Å². The standard InChI is InChI=1S/C16H15Cl/c17-16-14(10-12-6-2-1-3-7-12)11-13-8-4-5-9-15(13)16/h1-9,14,16H,10-11H2. The highest BCUT2D eigenvalue weighted by atomic mass is 35.5. The van der Waals surface area contributed by atoms with Crippen LogP contribution in [0.25, 0.3) is 0 Å². The number of hydrogen-bond acceptors (Lipinski definition) is 0. The molecule has 0 bridgehead atoms. The topological polar surface area (TPSA) is 0 Å². The minimum atomic E-state index is 0.173. The molecule has 0 fully saturated rings. The molecule has 2 atom stereocenters. The van der Waals surface area contributed by atoms with Crippen molar-refractivity contribution in [3.63, 3.8) is 0 Å². The number of hydrogen-bond donors (Lipinski definition) is 0. The molecule has 1 heteroatoms. The summed E-state index contributed by atoms with van der Waals surface area (Å²) in [4.78, 5) is 0. The van der Waals surface area contributed by atoms with Crippen molar-refractivity contribution in [1.82, 2.24) is 0 Å². The molecule has 0 spiro atoms. The van der Waals surface area contributed by atoms with Crippen molar-refractivity contribution in [3.05, 3.63) is 71.3 Å². The summed E-state index contributed by atoms with van der Waals surface area (Å²) in [6.07, 6.45) is 2.18. The maximum atomic E-state index is 6.56. The van der Waals surface area contributed by atoms with Gasteiger partial charge in [0.15, 0.2) is 0 Å². The molecule has 2 unspecified atom stereocenters. The van der Waals surface area contributed by atoms with E-state index in [-0.39, 0.29) is 5.38 Å². The zero-order chi connectivity index (χ0) is 11.7. The summed E-state index contributed by atoms with van der Waals surface area (Å²) in [6.45, 7) is 0. The molecule has 3 rings (SSSR count). The van der Waals surface area contributed by atoms with Crippen molar-refractivity contribution in [2.45, 2.75) is 18.2 Å². The molecule has 0 radical (unpaired) electrons. The van der Waals surface area contributed by atoms with E-state index >= 15 is 0 Å². The normalized spacial score (nSPS) is 22.4. The van der Waals surface area contributed by atoms with E-state index in [4.69, 9.17) is 11.6 Å². The number of benzene rings is 2. The Balaban J connectivity index is 1.81. The molecule has 0 aliphatic heterocycles. The van der Waals surface area contributed by atoms with Crippen LogP contribution in [0, 0.1) is 5.92 Å². The lowest BCUT2D eigenvalue weighted by molar-refractivity contribution is 0.543. The molecule has 86 valence electrons. The molecule has 17 heavy (non-hydrogen) atoms. The average molecular weight is 243 g/mol. The van der Waals surface area contributed by atoms with Crippen LogP contribution in [0.3, 0.4) is 0 Å². The molecule has 0 saturated heterocycles. The Morgan fingerprint density at radius 2 is 1.65 bits per heavy atom. The lowest BCUT2D eigenvalue weighted by atomic mass is 9.96. The largest absolute Gasteiger partial charge is 0.117 e. The molecule has 1 aliphatic carbocycles. The fourth-order valence-corrected chi connectivity index (χ4v) is 3.11. The quantitative estimate of drug-likeness (QED) is 0.686. The molecule has 0 N–H and O–H groups in total. The molecular formula is C16H15Cl. The number of halogens is 1. The van der Waals surface area contributed by atoms with Gasteiger partial charge in [-0.15, -0.1) is 11.6 Å². The minimum Gasteiger partial charge on any atom is -0.117 e. The third kappa shape index (κ3) is 2.10. The zero-order valence-corrected chi connectivity index (χ0v) is 10.4. The maximum Gasteiger partial charge on any atom is 0.0622 e. The van der Waals surface area contributed by atoms with E-state index in [0.29, 0.717) is 5.92 Å². The monoisotopic (exact) mass is 242 g/mol. The van der Waals surface area contributed by atoms with Gasteiger partial charge in [0.05, 0.1) is 5.38 Å². The van der Waals surface area contributed by atoms with Crippen LogP contribution >= 0.6 is 11.6 Å². The second kappa shape index (κ2) is 4.54. The van der Waals surface area contributed by atoms with Crippen LogP contribution < -0.4 is 0 Å². The van der Waals surface area contributed by atoms with E-state index in [1.807, 2.05) is 0 Å². The van der Waals surface area contributed by atoms with Crippen molar-refractivity contribution in [2.24, 2.45) is 5.92 Å². The van der Waals surface area contributed by atoms with E-state index in [9.17, 15) is 0 Å². The number of alkyl halides is 1. The summed E-state index contributed by atoms with van der Waals surface area (Å²) in [6, 6.07) is 19.2. The van der Waals surface area contributed by atoms with E-state index in [1.54, 1.807) is 0 Å². The van der Waals surface area contributed by atoms with Gasteiger partial charge in [-0.2, -0.15) is 0 Å². The molecule has 1 aliphatic rings. The zero-order valence-electron chi connectivity index (χ0n) is 9.64. The van der Waals surface area contributed by atoms with Crippen LogP contribution in [0.4, 0.5) is 0 Å². The summed E-state index contributed by atoms with van der Waals surface area (Å²) < 4.78 is 0. The van der Waals surface area contributed by atoms with Crippen LogP contribution in [0.2, 0.25) is 0 Å². The smallest absolute Gasteiger partial charge is 0.0622 e. The van der Waals surface area contributed by atoms with Crippen molar-refractivity contribution in [1.29, 1.82) is 0 Å². The van der Waals surface area contributed by atoms with Crippen LogP contribution in [0.5, 0.6) is 0 Å². The predicted octanol–water partition coefficient (Wildman–Crippen LogP) is 4.38. The SMILES string of the molecule is ClC1c2ccccc2CC1Cc1ccccc1. The first-order valence-corrected chi connectivity index (χ1v) is 6.54. The third-order valence-electron chi connectivity index (χ3n) is 3.59.